The van der Waals surface area contributed by atoms with Crippen LogP contribution in [0, 0.1) is 24.2 Å². The molecular weight excluding hydrogens is 400 g/mol. The van der Waals surface area contributed by atoms with Crippen LogP contribution < -0.4 is 10.6 Å². The molecule has 32 heavy (non-hydrogen) atoms. The van der Waals surface area contributed by atoms with Crippen molar-refractivity contribution in [2.75, 3.05) is 18.4 Å². The van der Waals surface area contributed by atoms with Crippen molar-refractivity contribution in [1.82, 2.24) is 20.3 Å². The number of ketones is 1. The number of nitrogens with zero attached hydrogens (tertiary/aromatic N) is 4. The Morgan fingerprint density at radius 2 is 2.06 bits per heavy atom. The number of carbonyl (C=O) groups is 1. The van der Waals surface area contributed by atoms with Crippen molar-refractivity contribution in [2.45, 2.75) is 32.2 Å². The summed E-state index contributed by atoms with van der Waals surface area (Å²) in [5.41, 5.74) is 2.87. The maximum absolute atomic E-state index is 14.2. The maximum Gasteiger partial charge on any atom is 0.222 e. The van der Waals surface area contributed by atoms with Gasteiger partial charge in [0, 0.05) is 23.9 Å². The molecule has 3 aromatic rings. The molecule has 162 valence electrons. The summed E-state index contributed by atoms with van der Waals surface area (Å²) in [6.07, 6.45) is 6.65. The van der Waals surface area contributed by atoms with E-state index in [9.17, 15) is 4.79 Å². The average molecular weight is 427 g/mol. The highest BCUT2D eigenvalue weighted by Crippen LogP contribution is 2.33. The molecule has 0 spiro atoms. The van der Waals surface area contributed by atoms with Crippen molar-refractivity contribution >= 4 is 11.7 Å². The van der Waals surface area contributed by atoms with Crippen LogP contribution in [0.5, 0.6) is 0 Å². The number of carbonyl (C=O) groups excluding carboxylic acids is 1. The lowest BCUT2D eigenvalue weighted by Gasteiger charge is -2.42. The number of nitrogens with one attached hydrogen (secondary N) is 2. The van der Waals surface area contributed by atoms with Crippen molar-refractivity contribution < 1.29 is 4.79 Å². The number of piperidine rings is 1. The molecule has 2 N–H and O–H groups in total. The van der Waals surface area contributed by atoms with E-state index >= 15 is 0 Å². The fourth-order valence-corrected chi connectivity index (χ4v) is 4.29. The Balaban J connectivity index is 1.72. The van der Waals surface area contributed by atoms with Gasteiger partial charge in [-0.2, -0.15) is 5.26 Å². The van der Waals surface area contributed by atoms with Crippen molar-refractivity contribution in [1.29, 1.82) is 5.26 Å². The monoisotopic (exact) mass is 426 g/mol. The van der Waals surface area contributed by atoms with E-state index in [4.69, 9.17) is 5.26 Å². The van der Waals surface area contributed by atoms with Crippen molar-refractivity contribution in [3.63, 3.8) is 0 Å². The van der Waals surface area contributed by atoms with Crippen LogP contribution in [0.2, 0.25) is 0 Å². The zero-order valence-corrected chi connectivity index (χ0v) is 18.3. The lowest BCUT2D eigenvalue weighted by molar-refractivity contribution is 0.0746. The Hall–Kier alpha value is -3.63. The summed E-state index contributed by atoms with van der Waals surface area (Å²) in [5.74, 6) is 0.534. The second kappa shape index (κ2) is 9.25. The van der Waals surface area contributed by atoms with Crippen LogP contribution in [0.1, 0.15) is 41.3 Å². The van der Waals surface area contributed by atoms with Gasteiger partial charge in [0.2, 0.25) is 5.95 Å². The highest BCUT2D eigenvalue weighted by atomic mass is 16.1. The molecule has 1 saturated heterocycles. The van der Waals surface area contributed by atoms with Gasteiger partial charge >= 0.3 is 0 Å². The predicted molar refractivity (Wildman–Crippen MR) is 123 cm³/mol. The van der Waals surface area contributed by atoms with Gasteiger partial charge in [0.1, 0.15) is 11.6 Å². The van der Waals surface area contributed by atoms with Crippen LogP contribution in [0.25, 0.3) is 11.3 Å². The van der Waals surface area contributed by atoms with Gasteiger partial charge in [0.15, 0.2) is 5.78 Å². The van der Waals surface area contributed by atoms with Gasteiger partial charge in [-0.3, -0.25) is 9.78 Å². The van der Waals surface area contributed by atoms with Crippen LogP contribution in [-0.2, 0) is 0 Å². The van der Waals surface area contributed by atoms with Crippen LogP contribution in [0.4, 0.5) is 5.95 Å². The Labute approximate surface area is 188 Å². The zero-order valence-electron chi connectivity index (χ0n) is 18.3. The minimum Gasteiger partial charge on any atom is -0.352 e. The van der Waals surface area contributed by atoms with Gasteiger partial charge in [-0.15, -0.1) is 0 Å². The van der Waals surface area contributed by atoms with Crippen molar-refractivity contribution in [3.05, 3.63) is 71.7 Å². The third kappa shape index (κ3) is 4.23. The summed E-state index contributed by atoms with van der Waals surface area (Å²) in [5, 5.41) is 15.7. The number of nitriles is 1. The van der Waals surface area contributed by atoms with E-state index < -0.39 is 5.54 Å². The minimum atomic E-state index is -0.813. The normalized spacial score (nSPS) is 20.3. The fraction of sp³-hybridized carbons (Fsp3) is 0.320. The highest BCUT2D eigenvalue weighted by molar-refractivity contribution is 6.08. The fourth-order valence-electron chi connectivity index (χ4n) is 4.29. The molecule has 1 aliphatic heterocycles. The number of aromatic nitrogens is 3. The molecule has 7 nitrogen and oxygen atoms in total. The van der Waals surface area contributed by atoms with E-state index in [2.05, 4.69) is 32.5 Å². The molecule has 4 rings (SSSR count). The van der Waals surface area contributed by atoms with E-state index in [0.29, 0.717) is 23.6 Å². The number of rotatable bonds is 6. The first-order valence-electron chi connectivity index (χ1n) is 10.8. The second-order valence-electron chi connectivity index (χ2n) is 8.30. The molecule has 0 radical (unpaired) electrons. The predicted octanol–water partition coefficient (Wildman–Crippen LogP) is 3.77. The lowest BCUT2D eigenvalue weighted by Crippen LogP contribution is -2.63. The number of pyridine rings is 1. The largest absolute Gasteiger partial charge is 0.352 e. The smallest absolute Gasteiger partial charge is 0.222 e. The highest BCUT2D eigenvalue weighted by Gasteiger charge is 2.45. The Morgan fingerprint density at radius 1 is 1.25 bits per heavy atom. The number of hydrogen-bond donors (Lipinski definition) is 2. The number of Topliss-reactive ketones (excluding diaryl/α,β-unsaturated/α-hetero) is 1. The van der Waals surface area contributed by atoms with Gasteiger partial charge in [0.05, 0.1) is 23.7 Å². The molecule has 0 aliphatic carbocycles. The first kappa shape index (κ1) is 21.6. The molecule has 1 aromatic carbocycles. The molecular formula is C25H26N6O. The molecule has 1 aliphatic rings. The van der Waals surface area contributed by atoms with E-state index in [1.807, 2.05) is 49.4 Å². The first-order chi connectivity index (χ1) is 15.5. The molecule has 0 saturated carbocycles. The standard InChI is InChI=1S/C25H26N6O/c1-17-8-9-20(22-7-3-4-10-27-22)21(12-17)23(32)25(18(2)6-5-11-31-25)16-30-24-28-14-19(13-26)15-29-24/h3-4,7-10,12,14-15,18,31H,5-6,11,16H2,1-2H3,(H,28,29,30)/t18-,25-/m1/s1. The SMILES string of the molecule is Cc1ccc(-c2ccccn2)c(C(=O)[C@]2(CNc3ncc(C#N)cn3)NCCC[C@H]2C)c1. The van der Waals surface area contributed by atoms with Crippen LogP contribution in [-0.4, -0.2) is 39.4 Å². The third-order valence-corrected chi connectivity index (χ3v) is 6.17. The summed E-state index contributed by atoms with van der Waals surface area (Å²) < 4.78 is 0. The molecule has 7 heteroatoms. The molecule has 0 unspecified atom stereocenters. The molecule has 0 bridgehead atoms. The second-order valence-corrected chi connectivity index (χ2v) is 8.30. The van der Waals surface area contributed by atoms with E-state index in [1.165, 1.54) is 12.4 Å². The van der Waals surface area contributed by atoms with E-state index in [1.54, 1.807) is 6.20 Å². The molecule has 2 aromatic heterocycles. The van der Waals surface area contributed by atoms with Gasteiger partial charge in [-0.1, -0.05) is 30.7 Å². The van der Waals surface area contributed by atoms with E-state index in [-0.39, 0.29) is 11.7 Å². The van der Waals surface area contributed by atoms with Crippen LogP contribution in [0.15, 0.2) is 55.0 Å². The number of benzene rings is 1. The van der Waals surface area contributed by atoms with Crippen LogP contribution >= 0.6 is 0 Å². The zero-order chi connectivity index (χ0) is 22.6. The molecule has 3 heterocycles. The molecule has 0 amide bonds. The molecule has 1 fully saturated rings. The quantitative estimate of drug-likeness (QED) is 0.578. The van der Waals surface area contributed by atoms with Crippen LogP contribution in [0.3, 0.4) is 0 Å². The summed E-state index contributed by atoms with van der Waals surface area (Å²) in [4.78, 5) is 27.1. The van der Waals surface area contributed by atoms with Gasteiger partial charge in [-0.25, -0.2) is 9.97 Å². The summed E-state index contributed by atoms with van der Waals surface area (Å²) >= 11 is 0. The minimum absolute atomic E-state index is 0.0372. The number of anilines is 1. The van der Waals surface area contributed by atoms with Gasteiger partial charge < -0.3 is 10.6 Å². The lowest BCUT2D eigenvalue weighted by atomic mass is 9.73. The summed E-state index contributed by atoms with van der Waals surface area (Å²) in [6.45, 7) is 5.21. The average Bonchev–Trinajstić information content (AvgIpc) is 2.84. The first-order valence-corrected chi connectivity index (χ1v) is 10.8. The van der Waals surface area contributed by atoms with Gasteiger partial charge in [0.25, 0.3) is 0 Å². The summed E-state index contributed by atoms with van der Waals surface area (Å²) in [7, 11) is 0. The number of hydrogen-bond acceptors (Lipinski definition) is 7. The third-order valence-electron chi connectivity index (χ3n) is 6.17. The number of aryl methyl sites for hydroxylation is 1. The Morgan fingerprint density at radius 3 is 2.75 bits per heavy atom. The Bertz CT molecular complexity index is 1140. The maximum atomic E-state index is 14.2. The van der Waals surface area contributed by atoms with E-state index in [0.717, 1.165) is 36.2 Å². The summed E-state index contributed by atoms with van der Waals surface area (Å²) in [6, 6.07) is 13.7. The molecule has 2 atom stereocenters. The van der Waals surface area contributed by atoms with Crippen molar-refractivity contribution in [2.24, 2.45) is 5.92 Å². The van der Waals surface area contributed by atoms with Gasteiger partial charge in [-0.05, 0) is 50.4 Å². The topological polar surface area (TPSA) is 104 Å². The Kier molecular flexibility index (Phi) is 6.24. The van der Waals surface area contributed by atoms with Crippen molar-refractivity contribution in [3.8, 4) is 17.3 Å².